The van der Waals surface area contributed by atoms with E-state index in [1.165, 1.54) is 5.56 Å². The molecule has 1 rings (SSSR count). The first-order chi connectivity index (χ1) is 5.77. The smallest absolute Gasteiger partial charge is 0.227 e. The molecule has 0 atom stereocenters. The molecule has 1 heterocycles. The fourth-order valence-corrected chi connectivity index (χ4v) is 1.51. The summed E-state index contributed by atoms with van der Waals surface area (Å²) in [6.07, 6.45) is 3.85. The second kappa shape index (κ2) is 4.36. The molecule has 3 heteroatoms. The number of hydrogen-bond donors (Lipinski definition) is 0. The molecule has 0 aliphatic heterocycles. The predicted molar refractivity (Wildman–Crippen MR) is 51.9 cm³/mol. The summed E-state index contributed by atoms with van der Waals surface area (Å²) in [5.74, 6) is 0.746. The lowest BCUT2D eigenvalue weighted by Gasteiger charge is -2.06. The molecule has 0 radical (unpaired) electrons. The van der Waals surface area contributed by atoms with E-state index in [-0.39, 0.29) is 0 Å². The van der Waals surface area contributed by atoms with E-state index in [1.54, 1.807) is 11.8 Å². The molecule has 0 aliphatic rings. The highest BCUT2D eigenvalue weighted by Crippen LogP contribution is 2.25. The van der Waals surface area contributed by atoms with Crippen molar-refractivity contribution in [2.75, 3.05) is 12.9 Å². The van der Waals surface area contributed by atoms with Gasteiger partial charge in [-0.3, -0.25) is 0 Å². The van der Waals surface area contributed by atoms with Crippen molar-refractivity contribution in [1.29, 1.82) is 0 Å². The van der Waals surface area contributed by atoms with Crippen LogP contribution in [0.3, 0.4) is 0 Å². The number of nitrogens with zero attached hydrogens (tertiary/aromatic N) is 1. The van der Waals surface area contributed by atoms with Crippen molar-refractivity contribution in [1.82, 2.24) is 4.98 Å². The van der Waals surface area contributed by atoms with Gasteiger partial charge in [-0.25, -0.2) is 4.98 Å². The molecule has 0 amide bonds. The zero-order valence-corrected chi connectivity index (χ0v) is 8.44. The van der Waals surface area contributed by atoms with E-state index < -0.39 is 0 Å². The van der Waals surface area contributed by atoms with Crippen LogP contribution in [0, 0.1) is 6.92 Å². The minimum atomic E-state index is 0.670. The molecule has 0 saturated heterocycles. The van der Waals surface area contributed by atoms with Crippen LogP contribution in [0.4, 0.5) is 0 Å². The van der Waals surface area contributed by atoms with Gasteiger partial charge in [0.15, 0.2) is 0 Å². The van der Waals surface area contributed by atoms with Crippen LogP contribution in [0.25, 0.3) is 0 Å². The van der Waals surface area contributed by atoms with Crippen LogP contribution >= 0.6 is 11.8 Å². The van der Waals surface area contributed by atoms with Crippen LogP contribution in [-0.4, -0.2) is 17.8 Å². The Balaban J connectivity index is 2.94. The van der Waals surface area contributed by atoms with Crippen molar-refractivity contribution in [2.24, 2.45) is 0 Å². The van der Waals surface area contributed by atoms with E-state index in [0.717, 1.165) is 10.8 Å². The molecule has 1 aromatic heterocycles. The Kier molecular flexibility index (Phi) is 3.41. The highest BCUT2D eigenvalue weighted by molar-refractivity contribution is 7.98. The normalized spacial score (nSPS) is 9.92. The van der Waals surface area contributed by atoms with Gasteiger partial charge in [-0.2, -0.15) is 0 Å². The fourth-order valence-electron chi connectivity index (χ4n) is 0.921. The minimum Gasteiger partial charge on any atom is -0.477 e. The van der Waals surface area contributed by atoms with Crippen LogP contribution in [-0.2, 0) is 0 Å². The standard InChI is InChI=1S/C9H13NOS/c1-4-11-9-8(12-3)5-7(2)6-10-9/h5-6H,4H2,1-3H3. The van der Waals surface area contributed by atoms with Gasteiger partial charge >= 0.3 is 0 Å². The summed E-state index contributed by atoms with van der Waals surface area (Å²) in [5.41, 5.74) is 1.17. The molecule has 2 nitrogen and oxygen atoms in total. The van der Waals surface area contributed by atoms with Gasteiger partial charge in [0, 0.05) is 6.20 Å². The summed E-state index contributed by atoms with van der Waals surface area (Å²) in [4.78, 5) is 5.30. The average molecular weight is 183 g/mol. The number of rotatable bonds is 3. The Labute approximate surface area is 77.3 Å². The van der Waals surface area contributed by atoms with E-state index in [2.05, 4.69) is 11.1 Å². The minimum absolute atomic E-state index is 0.670. The molecular weight excluding hydrogens is 170 g/mol. The van der Waals surface area contributed by atoms with Crippen molar-refractivity contribution in [3.63, 3.8) is 0 Å². The third kappa shape index (κ3) is 2.14. The van der Waals surface area contributed by atoms with Gasteiger partial charge in [-0.05, 0) is 31.7 Å². The lowest BCUT2D eigenvalue weighted by Crippen LogP contribution is -1.96. The van der Waals surface area contributed by atoms with E-state index in [9.17, 15) is 0 Å². The van der Waals surface area contributed by atoms with Gasteiger partial charge in [-0.15, -0.1) is 11.8 Å². The quantitative estimate of drug-likeness (QED) is 0.672. The maximum Gasteiger partial charge on any atom is 0.227 e. The molecule has 0 fully saturated rings. The third-order valence-corrected chi connectivity index (χ3v) is 2.19. The van der Waals surface area contributed by atoms with Gasteiger partial charge in [0.2, 0.25) is 5.88 Å². The van der Waals surface area contributed by atoms with Crippen molar-refractivity contribution < 1.29 is 4.74 Å². The van der Waals surface area contributed by atoms with Gasteiger partial charge in [-0.1, -0.05) is 0 Å². The van der Waals surface area contributed by atoms with Crippen molar-refractivity contribution in [3.05, 3.63) is 17.8 Å². The summed E-state index contributed by atoms with van der Waals surface area (Å²) >= 11 is 1.66. The number of thioether (sulfide) groups is 1. The van der Waals surface area contributed by atoms with Crippen LogP contribution in [0.5, 0.6) is 5.88 Å². The van der Waals surface area contributed by atoms with E-state index >= 15 is 0 Å². The van der Waals surface area contributed by atoms with Gasteiger partial charge < -0.3 is 4.74 Å². The summed E-state index contributed by atoms with van der Waals surface area (Å²) in [6.45, 7) is 4.66. The van der Waals surface area contributed by atoms with Crippen molar-refractivity contribution >= 4 is 11.8 Å². The first-order valence-corrected chi connectivity index (χ1v) is 5.13. The summed E-state index contributed by atoms with van der Waals surface area (Å²) in [7, 11) is 0. The third-order valence-electron chi connectivity index (χ3n) is 1.46. The molecule has 0 saturated carbocycles. The first-order valence-electron chi connectivity index (χ1n) is 3.91. The van der Waals surface area contributed by atoms with Crippen molar-refractivity contribution in [2.45, 2.75) is 18.7 Å². The number of aromatic nitrogens is 1. The molecular formula is C9H13NOS. The molecule has 1 aromatic rings. The van der Waals surface area contributed by atoms with E-state index in [0.29, 0.717) is 6.61 Å². The van der Waals surface area contributed by atoms with Gasteiger partial charge in [0.25, 0.3) is 0 Å². The SMILES string of the molecule is CCOc1ncc(C)cc1SC. The Morgan fingerprint density at radius 2 is 2.33 bits per heavy atom. The number of ether oxygens (including phenoxy) is 1. The Bertz CT molecular complexity index is 263. The predicted octanol–water partition coefficient (Wildman–Crippen LogP) is 2.51. The Hall–Kier alpha value is -0.700. The maximum atomic E-state index is 5.35. The fraction of sp³-hybridized carbons (Fsp3) is 0.444. The second-order valence-corrected chi connectivity index (χ2v) is 3.30. The van der Waals surface area contributed by atoms with Gasteiger partial charge in [0.1, 0.15) is 0 Å². The van der Waals surface area contributed by atoms with Crippen LogP contribution in [0.15, 0.2) is 17.2 Å². The average Bonchev–Trinajstić information content (AvgIpc) is 2.08. The number of aryl methyl sites for hydroxylation is 1. The summed E-state index contributed by atoms with van der Waals surface area (Å²) in [5, 5.41) is 0. The molecule has 12 heavy (non-hydrogen) atoms. The molecule has 0 aliphatic carbocycles. The van der Waals surface area contributed by atoms with Crippen LogP contribution in [0.2, 0.25) is 0 Å². The maximum absolute atomic E-state index is 5.35. The number of hydrogen-bond acceptors (Lipinski definition) is 3. The molecule has 0 unspecified atom stereocenters. The molecule has 0 bridgehead atoms. The summed E-state index contributed by atoms with van der Waals surface area (Å²) < 4.78 is 5.35. The largest absolute Gasteiger partial charge is 0.477 e. The monoisotopic (exact) mass is 183 g/mol. The zero-order chi connectivity index (χ0) is 8.97. The summed E-state index contributed by atoms with van der Waals surface area (Å²) in [6, 6.07) is 2.09. The first kappa shape index (κ1) is 9.39. The Morgan fingerprint density at radius 1 is 1.58 bits per heavy atom. The second-order valence-electron chi connectivity index (χ2n) is 2.45. The number of pyridine rings is 1. The van der Waals surface area contributed by atoms with Crippen LogP contribution in [0.1, 0.15) is 12.5 Å². The Morgan fingerprint density at radius 3 is 2.92 bits per heavy atom. The highest BCUT2D eigenvalue weighted by Gasteiger charge is 2.02. The van der Waals surface area contributed by atoms with E-state index in [4.69, 9.17) is 4.74 Å². The molecule has 0 spiro atoms. The molecule has 0 aromatic carbocycles. The van der Waals surface area contributed by atoms with Crippen LogP contribution < -0.4 is 4.74 Å². The zero-order valence-electron chi connectivity index (χ0n) is 7.63. The van der Waals surface area contributed by atoms with Crippen molar-refractivity contribution in [3.8, 4) is 5.88 Å². The molecule has 0 N–H and O–H groups in total. The van der Waals surface area contributed by atoms with E-state index in [1.807, 2.05) is 26.3 Å². The van der Waals surface area contributed by atoms with Gasteiger partial charge in [0.05, 0.1) is 11.5 Å². The highest BCUT2D eigenvalue weighted by atomic mass is 32.2. The lowest BCUT2D eigenvalue weighted by atomic mass is 10.3. The lowest BCUT2D eigenvalue weighted by molar-refractivity contribution is 0.318. The molecule has 66 valence electrons. The topological polar surface area (TPSA) is 22.1 Å².